The van der Waals surface area contributed by atoms with Gasteiger partial charge >= 0.3 is 23.9 Å². The van der Waals surface area contributed by atoms with Crippen molar-refractivity contribution in [1.82, 2.24) is 0 Å². The molecule has 0 aromatic rings. The van der Waals surface area contributed by atoms with Crippen molar-refractivity contribution < 1.29 is 63.0 Å². The Bertz CT molecular complexity index is 1160. The van der Waals surface area contributed by atoms with Crippen molar-refractivity contribution in [2.24, 2.45) is 17.3 Å². The summed E-state index contributed by atoms with van der Waals surface area (Å²) in [5.41, 5.74) is -7.37. The Kier molecular flexibility index (Phi) is 6.68. The highest BCUT2D eigenvalue weighted by Gasteiger charge is 2.89. The van der Waals surface area contributed by atoms with Gasteiger partial charge in [0.25, 0.3) is 0 Å². The van der Waals surface area contributed by atoms with Crippen LogP contribution in [0.15, 0.2) is 11.8 Å². The van der Waals surface area contributed by atoms with E-state index in [1.807, 2.05) is 0 Å². The van der Waals surface area contributed by atoms with Gasteiger partial charge in [0.15, 0.2) is 28.8 Å². The summed E-state index contributed by atoms with van der Waals surface area (Å²) >= 11 is 0. The van der Waals surface area contributed by atoms with Gasteiger partial charge < -0.3 is 39.0 Å². The number of epoxide rings is 1. The number of hydrogen-bond acceptors (Lipinski definition) is 13. The third kappa shape index (κ3) is 4.13. The van der Waals surface area contributed by atoms with Gasteiger partial charge in [-0.3, -0.25) is 19.2 Å². The molecular formula is C26H34O13. The molecule has 4 rings (SSSR count). The Morgan fingerprint density at radius 2 is 1.51 bits per heavy atom. The SMILES string of the molecule is CC(=O)OC1CC(C)(O)C(O)C2OC(=O)C3(C)OC23C(OC(C)=O)C2C(C)C(=O)C(O)=CC2(C)C1OC(C)=O. The van der Waals surface area contributed by atoms with E-state index in [-0.39, 0.29) is 0 Å². The monoisotopic (exact) mass is 554 g/mol. The molecule has 11 unspecified atom stereocenters. The minimum absolute atomic E-state index is 0.524. The van der Waals surface area contributed by atoms with Gasteiger partial charge in [0.1, 0.15) is 24.4 Å². The van der Waals surface area contributed by atoms with Crippen molar-refractivity contribution >= 4 is 29.7 Å². The van der Waals surface area contributed by atoms with Gasteiger partial charge in [-0.2, -0.15) is 0 Å². The second-order valence-electron chi connectivity index (χ2n) is 11.5. The molecule has 4 aliphatic rings. The highest BCUT2D eigenvalue weighted by atomic mass is 16.7. The fourth-order valence-electron chi connectivity index (χ4n) is 6.87. The molecule has 13 nitrogen and oxygen atoms in total. The van der Waals surface area contributed by atoms with Gasteiger partial charge in [-0.25, -0.2) is 4.79 Å². The van der Waals surface area contributed by atoms with Crippen LogP contribution in [0, 0.1) is 17.3 Å². The zero-order chi connectivity index (χ0) is 29.5. The third-order valence-corrected chi connectivity index (χ3v) is 8.63. The number of allylic oxidation sites excluding steroid dienone is 1. The summed E-state index contributed by atoms with van der Waals surface area (Å²) in [7, 11) is 0. The molecule has 0 aromatic heterocycles. The van der Waals surface area contributed by atoms with Crippen LogP contribution in [0.2, 0.25) is 0 Å². The van der Waals surface area contributed by atoms with Crippen LogP contribution in [-0.4, -0.2) is 92.3 Å². The third-order valence-electron chi connectivity index (χ3n) is 8.63. The minimum Gasteiger partial charge on any atom is -0.505 e. The smallest absolute Gasteiger partial charge is 0.342 e. The van der Waals surface area contributed by atoms with Crippen molar-refractivity contribution in [2.45, 2.75) is 102 Å². The fourth-order valence-corrected chi connectivity index (χ4v) is 6.87. The molecule has 2 heterocycles. The van der Waals surface area contributed by atoms with E-state index in [1.54, 1.807) is 0 Å². The van der Waals surface area contributed by atoms with Gasteiger partial charge in [0, 0.05) is 44.4 Å². The first-order chi connectivity index (χ1) is 17.8. The minimum atomic E-state index is -2.15. The Balaban J connectivity index is 2.07. The van der Waals surface area contributed by atoms with Crippen molar-refractivity contribution in [3.05, 3.63) is 11.8 Å². The molecule has 0 radical (unpaired) electrons. The van der Waals surface area contributed by atoms with Gasteiger partial charge in [-0.05, 0) is 19.9 Å². The molecule has 2 aliphatic heterocycles. The van der Waals surface area contributed by atoms with E-state index in [0.29, 0.717) is 0 Å². The topological polar surface area (TPSA) is 195 Å². The number of carbonyl (C=O) groups excluding carboxylic acids is 5. The molecule has 0 aromatic carbocycles. The predicted octanol–water partition coefficient (Wildman–Crippen LogP) is 0.0334. The number of carbonyl (C=O) groups is 5. The second kappa shape index (κ2) is 9.00. The van der Waals surface area contributed by atoms with Crippen molar-refractivity contribution in [3.8, 4) is 0 Å². The van der Waals surface area contributed by atoms with Crippen molar-refractivity contribution in [2.75, 3.05) is 0 Å². The lowest BCUT2D eigenvalue weighted by Gasteiger charge is -2.52. The van der Waals surface area contributed by atoms with Crippen LogP contribution in [-0.2, 0) is 47.7 Å². The number of rotatable bonds is 3. The van der Waals surface area contributed by atoms with Crippen LogP contribution in [0.4, 0.5) is 0 Å². The second-order valence-corrected chi connectivity index (χ2v) is 11.5. The van der Waals surface area contributed by atoms with E-state index >= 15 is 0 Å². The molecule has 1 spiro atoms. The fraction of sp³-hybridized carbons (Fsp3) is 0.731. The van der Waals surface area contributed by atoms with Crippen molar-refractivity contribution in [1.29, 1.82) is 0 Å². The average Bonchev–Trinajstić information content (AvgIpc) is 3.37. The molecule has 2 saturated heterocycles. The van der Waals surface area contributed by atoms with Crippen LogP contribution in [0.1, 0.15) is 54.9 Å². The van der Waals surface area contributed by atoms with E-state index in [9.17, 15) is 39.3 Å². The molecule has 216 valence electrons. The molecule has 11 atom stereocenters. The van der Waals surface area contributed by atoms with E-state index < -0.39 is 106 Å². The summed E-state index contributed by atoms with van der Waals surface area (Å²) in [5.74, 6) is -7.06. The van der Waals surface area contributed by atoms with E-state index in [2.05, 4.69) is 0 Å². The Morgan fingerprint density at radius 3 is 2.03 bits per heavy atom. The number of esters is 4. The lowest BCUT2D eigenvalue weighted by molar-refractivity contribution is -0.224. The lowest BCUT2D eigenvalue weighted by Crippen LogP contribution is -2.66. The Labute approximate surface area is 224 Å². The Hall–Kier alpha value is -3.03. The van der Waals surface area contributed by atoms with Crippen LogP contribution in [0.3, 0.4) is 0 Å². The summed E-state index contributed by atoms with van der Waals surface area (Å²) in [6.45, 7) is 8.84. The first-order valence-corrected chi connectivity index (χ1v) is 12.6. The molecule has 39 heavy (non-hydrogen) atoms. The van der Waals surface area contributed by atoms with Crippen molar-refractivity contribution in [3.63, 3.8) is 0 Å². The molecule has 13 heteroatoms. The van der Waals surface area contributed by atoms with E-state index in [0.717, 1.165) is 26.8 Å². The molecule has 3 fully saturated rings. The van der Waals surface area contributed by atoms with Crippen LogP contribution < -0.4 is 0 Å². The van der Waals surface area contributed by atoms with Gasteiger partial charge in [-0.15, -0.1) is 0 Å². The summed E-state index contributed by atoms with van der Waals surface area (Å²) in [6.07, 6.45) is -7.27. The number of aliphatic hydroxyl groups excluding tert-OH is 2. The summed E-state index contributed by atoms with van der Waals surface area (Å²) in [6, 6.07) is 0. The summed E-state index contributed by atoms with van der Waals surface area (Å²) < 4.78 is 28.4. The molecular weight excluding hydrogens is 520 g/mol. The Morgan fingerprint density at radius 1 is 0.974 bits per heavy atom. The van der Waals surface area contributed by atoms with Crippen LogP contribution >= 0.6 is 0 Å². The maximum absolute atomic E-state index is 13.1. The maximum Gasteiger partial charge on any atom is 0.342 e. The number of ketones is 1. The highest BCUT2D eigenvalue weighted by molar-refractivity contribution is 5.96. The molecule has 0 amide bonds. The zero-order valence-electron chi connectivity index (χ0n) is 22.8. The number of aliphatic hydroxyl groups is 3. The quantitative estimate of drug-likeness (QED) is 0.240. The standard InChI is InChI=1S/C26H34O13/c1-10-16-20(37-13(4)29)26-21(38-22(33)25(26,7)39-26)18(32)24(6,34)9-15(35-11(2)27)19(36-12(3)28)23(16,5)8-14(30)17(10)31/h8,10,15-16,18-21,30,32,34H,9H2,1-7H3. The molecule has 1 saturated carbocycles. The van der Waals surface area contributed by atoms with E-state index in [4.69, 9.17) is 23.7 Å². The lowest BCUT2D eigenvalue weighted by atomic mass is 9.56. The van der Waals surface area contributed by atoms with Crippen LogP contribution in [0.5, 0.6) is 0 Å². The molecule has 3 N–H and O–H groups in total. The van der Waals surface area contributed by atoms with Gasteiger partial charge in [0.2, 0.25) is 0 Å². The summed E-state index contributed by atoms with van der Waals surface area (Å²) in [5, 5.41) is 33.6. The predicted molar refractivity (Wildman–Crippen MR) is 126 cm³/mol. The summed E-state index contributed by atoms with van der Waals surface area (Å²) in [4.78, 5) is 63.2. The number of Topliss-reactive ketones (excluding diaryl/α,β-unsaturated/α-hetero) is 1. The zero-order valence-corrected chi connectivity index (χ0v) is 22.8. The van der Waals surface area contributed by atoms with Gasteiger partial charge in [-0.1, -0.05) is 13.8 Å². The van der Waals surface area contributed by atoms with E-state index in [1.165, 1.54) is 27.7 Å². The number of hydrogen-bond donors (Lipinski definition) is 3. The first kappa shape index (κ1) is 29.0. The maximum atomic E-state index is 13.1. The molecule has 0 bridgehead atoms. The van der Waals surface area contributed by atoms with Crippen LogP contribution in [0.25, 0.3) is 0 Å². The molecule has 2 aliphatic carbocycles. The number of fused-ring (bicyclic) bond motifs is 1. The average molecular weight is 555 g/mol. The van der Waals surface area contributed by atoms with Gasteiger partial charge in [0.05, 0.1) is 5.60 Å². The number of ether oxygens (including phenoxy) is 5. The highest BCUT2D eigenvalue weighted by Crippen LogP contribution is 2.65. The normalized spacial score (nSPS) is 46.9. The largest absolute Gasteiger partial charge is 0.505 e. The first-order valence-electron chi connectivity index (χ1n) is 12.6.